The summed E-state index contributed by atoms with van der Waals surface area (Å²) in [5.74, 6) is -0.988. The first kappa shape index (κ1) is 12.6. The van der Waals surface area contributed by atoms with Gasteiger partial charge in [0.05, 0.1) is 5.52 Å². The van der Waals surface area contributed by atoms with Crippen LogP contribution in [0.4, 0.5) is 5.69 Å². The number of aromatic nitrogens is 1. The number of aromatic carboxylic acids is 1. The van der Waals surface area contributed by atoms with E-state index < -0.39 is 5.97 Å². The summed E-state index contributed by atoms with van der Waals surface area (Å²) in [7, 11) is 0. The van der Waals surface area contributed by atoms with Crippen LogP contribution in [0.2, 0.25) is 0 Å². The van der Waals surface area contributed by atoms with Gasteiger partial charge in [0.15, 0.2) is 5.69 Å². The highest BCUT2D eigenvalue weighted by atomic mass is 16.4. The molecule has 5 heteroatoms. The van der Waals surface area contributed by atoms with E-state index in [1.807, 2.05) is 0 Å². The highest BCUT2D eigenvalue weighted by Crippen LogP contribution is 2.33. The van der Waals surface area contributed by atoms with Gasteiger partial charge in [-0.05, 0) is 48.9 Å². The lowest BCUT2D eigenvalue weighted by atomic mass is 9.86. The number of benzene rings is 1. The second-order valence-electron chi connectivity index (χ2n) is 5.04. The molecule has 0 saturated heterocycles. The molecule has 0 bridgehead atoms. The van der Waals surface area contributed by atoms with Gasteiger partial charge < -0.3 is 16.2 Å². The summed E-state index contributed by atoms with van der Waals surface area (Å²) in [5, 5.41) is 17.8. The van der Waals surface area contributed by atoms with Crippen LogP contribution in [0.3, 0.4) is 0 Å². The van der Waals surface area contributed by atoms with Gasteiger partial charge in [0, 0.05) is 22.9 Å². The summed E-state index contributed by atoms with van der Waals surface area (Å²) in [6.07, 6.45) is 4.78. The molecule has 1 aliphatic carbocycles. The lowest BCUT2D eigenvalue weighted by Gasteiger charge is -2.21. The molecule has 1 heterocycles. The van der Waals surface area contributed by atoms with Crippen molar-refractivity contribution in [2.24, 2.45) is 0 Å². The van der Waals surface area contributed by atoms with Gasteiger partial charge in [-0.2, -0.15) is 0 Å². The number of carboxylic acids is 1. The summed E-state index contributed by atoms with van der Waals surface area (Å²) in [6, 6.07) is 3.41. The predicted molar refractivity (Wildman–Crippen MR) is 77.6 cm³/mol. The maximum atomic E-state index is 11.4. The van der Waals surface area contributed by atoms with Gasteiger partial charge in [-0.25, -0.2) is 9.78 Å². The van der Waals surface area contributed by atoms with Crippen LogP contribution < -0.4 is 5.73 Å². The number of carbonyl (C=O) groups is 1. The molecule has 1 aromatic carbocycles. The largest absolute Gasteiger partial charge is 0.477 e. The number of carboxylic acid groups (broad SMARTS) is 1. The second kappa shape index (κ2) is 4.59. The maximum Gasteiger partial charge on any atom is 0.354 e. The Bertz CT molecular complexity index is 738. The number of pyridine rings is 1. The number of nitrogens with one attached hydrogen (secondary N) is 1. The number of aryl methyl sites for hydroxylation is 1. The highest BCUT2D eigenvalue weighted by molar-refractivity contribution is 6.06. The standard InChI is InChI=1S/C15H15N3O2/c16-7-10-11(17)5-6-12-13(10)8-3-1-2-4-9(8)14(18-12)15(19)20/h5-7,16H,1-4,17H2,(H,19,20). The van der Waals surface area contributed by atoms with Crippen LogP contribution in [0, 0.1) is 5.41 Å². The fraction of sp³-hybridized carbons (Fsp3) is 0.267. The van der Waals surface area contributed by atoms with Crippen molar-refractivity contribution < 1.29 is 9.90 Å². The SMILES string of the molecule is N=Cc1c(N)ccc2nc(C(=O)O)c3c(c12)CCCC3. The lowest BCUT2D eigenvalue weighted by molar-refractivity contribution is 0.0689. The first-order chi connectivity index (χ1) is 9.63. The van der Waals surface area contributed by atoms with Crippen molar-refractivity contribution in [1.29, 1.82) is 5.41 Å². The van der Waals surface area contributed by atoms with E-state index in [9.17, 15) is 9.90 Å². The molecule has 0 saturated carbocycles. The van der Waals surface area contributed by atoms with Crippen LogP contribution in [0.15, 0.2) is 12.1 Å². The third-order valence-electron chi connectivity index (χ3n) is 3.89. The van der Waals surface area contributed by atoms with Crippen LogP contribution in [0.25, 0.3) is 10.9 Å². The Morgan fingerprint density at radius 3 is 2.65 bits per heavy atom. The Morgan fingerprint density at radius 2 is 2.00 bits per heavy atom. The highest BCUT2D eigenvalue weighted by Gasteiger charge is 2.23. The summed E-state index contributed by atoms with van der Waals surface area (Å²) < 4.78 is 0. The normalized spacial score (nSPS) is 14.0. The average molecular weight is 269 g/mol. The zero-order valence-corrected chi connectivity index (χ0v) is 10.9. The number of nitrogen functional groups attached to an aromatic ring is 1. The molecule has 102 valence electrons. The van der Waals surface area contributed by atoms with Crippen molar-refractivity contribution in [2.75, 3.05) is 5.73 Å². The van der Waals surface area contributed by atoms with E-state index in [1.165, 1.54) is 6.21 Å². The molecular weight excluding hydrogens is 254 g/mol. The average Bonchev–Trinajstić information content (AvgIpc) is 2.46. The third kappa shape index (κ3) is 1.74. The molecule has 0 fully saturated rings. The maximum absolute atomic E-state index is 11.4. The number of hydrogen-bond acceptors (Lipinski definition) is 4. The zero-order chi connectivity index (χ0) is 14.3. The van der Waals surface area contributed by atoms with Gasteiger partial charge in [-0.1, -0.05) is 0 Å². The molecule has 5 nitrogen and oxygen atoms in total. The molecule has 0 aliphatic heterocycles. The minimum Gasteiger partial charge on any atom is -0.477 e. The summed E-state index contributed by atoms with van der Waals surface area (Å²) in [6.45, 7) is 0. The summed E-state index contributed by atoms with van der Waals surface area (Å²) >= 11 is 0. The van der Waals surface area contributed by atoms with Crippen LogP contribution in [0.1, 0.15) is 40.0 Å². The van der Waals surface area contributed by atoms with E-state index in [1.54, 1.807) is 12.1 Å². The van der Waals surface area contributed by atoms with E-state index in [0.29, 0.717) is 16.8 Å². The molecule has 1 aliphatic rings. The molecule has 1 aromatic heterocycles. The minimum absolute atomic E-state index is 0.146. The smallest absolute Gasteiger partial charge is 0.354 e. The van der Waals surface area contributed by atoms with E-state index in [-0.39, 0.29) is 5.69 Å². The molecule has 20 heavy (non-hydrogen) atoms. The van der Waals surface area contributed by atoms with Crippen molar-refractivity contribution in [1.82, 2.24) is 4.98 Å². The number of nitrogens with zero attached hydrogens (tertiary/aromatic N) is 1. The van der Waals surface area contributed by atoms with Gasteiger partial charge in [-0.15, -0.1) is 0 Å². The van der Waals surface area contributed by atoms with Crippen LogP contribution >= 0.6 is 0 Å². The van der Waals surface area contributed by atoms with Crippen molar-refractivity contribution in [3.8, 4) is 0 Å². The minimum atomic E-state index is -0.988. The fourth-order valence-corrected chi connectivity index (χ4v) is 3.00. The second-order valence-corrected chi connectivity index (χ2v) is 5.04. The number of rotatable bonds is 2. The molecule has 0 atom stereocenters. The Balaban J connectivity index is 2.47. The summed E-state index contributed by atoms with van der Waals surface area (Å²) in [5.41, 5.74) is 9.68. The van der Waals surface area contributed by atoms with Crippen LogP contribution in [-0.4, -0.2) is 22.3 Å². The first-order valence-corrected chi connectivity index (χ1v) is 6.61. The Hall–Kier alpha value is -2.43. The van der Waals surface area contributed by atoms with Crippen molar-refractivity contribution in [3.05, 3.63) is 34.5 Å². The van der Waals surface area contributed by atoms with Crippen molar-refractivity contribution in [2.45, 2.75) is 25.7 Å². The molecule has 0 amide bonds. The van der Waals surface area contributed by atoms with E-state index in [0.717, 1.165) is 42.2 Å². The van der Waals surface area contributed by atoms with E-state index >= 15 is 0 Å². The molecule has 0 spiro atoms. The molecular formula is C15H15N3O2. The zero-order valence-electron chi connectivity index (χ0n) is 10.9. The number of fused-ring (bicyclic) bond motifs is 3. The quantitative estimate of drug-likeness (QED) is 0.575. The number of nitrogens with two attached hydrogens (primary N) is 1. The molecule has 4 N–H and O–H groups in total. The summed E-state index contributed by atoms with van der Waals surface area (Å²) in [4.78, 5) is 15.7. The van der Waals surface area contributed by atoms with Crippen LogP contribution in [-0.2, 0) is 12.8 Å². The van der Waals surface area contributed by atoms with Gasteiger partial charge >= 0.3 is 5.97 Å². The third-order valence-corrected chi connectivity index (χ3v) is 3.89. The van der Waals surface area contributed by atoms with Gasteiger partial charge in [0.1, 0.15) is 0 Å². The molecule has 2 aromatic rings. The monoisotopic (exact) mass is 269 g/mol. The number of anilines is 1. The number of hydrogen-bond donors (Lipinski definition) is 3. The molecule has 0 radical (unpaired) electrons. The van der Waals surface area contributed by atoms with Gasteiger partial charge in [0.25, 0.3) is 0 Å². The first-order valence-electron chi connectivity index (χ1n) is 6.61. The lowest BCUT2D eigenvalue weighted by Crippen LogP contribution is -2.14. The van der Waals surface area contributed by atoms with Gasteiger partial charge in [-0.3, -0.25) is 0 Å². The topological polar surface area (TPSA) is 100 Å². The van der Waals surface area contributed by atoms with E-state index in [2.05, 4.69) is 4.98 Å². The van der Waals surface area contributed by atoms with Gasteiger partial charge in [0.2, 0.25) is 0 Å². The molecule has 3 rings (SSSR count). The fourth-order valence-electron chi connectivity index (χ4n) is 3.00. The van der Waals surface area contributed by atoms with Crippen LogP contribution in [0.5, 0.6) is 0 Å². The van der Waals surface area contributed by atoms with Crippen molar-refractivity contribution in [3.63, 3.8) is 0 Å². The molecule has 0 unspecified atom stereocenters. The van der Waals surface area contributed by atoms with Crippen molar-refractivity contribution >= 4 is 28.8 Å². The Kier molecular flexibility index (Phi) is 2.89. The predicted octanol–water partition coefficient (Wildman–Crippen LogP) is 2.39. The van der Waals surface area contributed by atoms with E-state index in [4.69, 9.17) is 11.1 Å². The Morgan fingerprint density at radius 1 is 1.30 bits per heavy atom. The Labute approximate surface area is 115 Å².